The fourth-order valence-electron chi connectivity index (χ4n) is 0. The maximum Gasteiger partial charge on any atom is 0.187 e. The van der Waals surface area contributed by atoms with Crippen molar-refractivity contribution >= 4 is 30.8 Å². The van der Waals surface area contributed by atoms with Gasteiger partial charge in [0.25, 0.3) is 0 Å². The molecule has 0 amide bonds. The van der Waals surface area contributed by atoms with Crippen molar-refractivity contribution in [3.63, 3.8) is 0 Å². The van der Waals surface area contributed by atoms with Crippen molar-refractivity contribution < 1.29 is 0 Å². The number of hydrogen-bond acceptors (Lipinski definition) is 1. The molecule has 0 aliphatic rings. The zero-order valence-corrected chi connectivity index (χ0v) is 6.47. The van der Waals surface area contributed by atoms with Crippen molar-refractivity contribution in [2.24, 2.45) is 5.73 Å². The van der Waals surface area contributed by atoms with Gasteiger partial charge in [-0.2, -0.15) is 0 Å². The Kier molecular flexibility index (Phi) is 13.4. The molecule has 3 N–H and O–H groups in total. The molecule has 8 heavy (non-hydrogen) atoms. The summed E-state index contributed by atoms with van der Waals surface area (Å²) in [5, 5.41) is 6.65. The van der Waals surface area contributed by atoms with Crippen molar-refractivity contribution in [1.82, 2.24) is 4.90 Å². The molecule has 0 aromatic rings. The molecule has 0 atom stereocenters. The maximum absolute atomic E-state index is 6.65. The summed E-state index contributed by atoms with van der Waals surface area (Å²) in [7, 11) is 3.45. The summed E-state index contributed by atoms with van der Waals surface area (Å²) < 4.78 is 0. The lowest BCUT2D eigenvalue weighted by molar-refractivity contribution is 0.609. The van der Waals surface area contributed by atoms with Crippen LogP contribution in [0.1, 0.15) is 0 Å². The molecule has 52 valence electrons. The highest BCUT2D eigenvalue weighted by atomic mass is 35.5. The van der Waals surface area contributed by atoms with E-state index in [0.29, 0.717) is 0 Å². The molecule has 0 fully saturated rings. The molecule has 0 saturated heterocycles. The molecule has 0 aromatic carbocycles. The highest BCUT2D eigenvalue weighted by molar-refractivity contribution is 5.85. The average Bonchev–Trinajstić information content (AvgIpc) is 1.36. The monoisotopic (exact) mass is 159 g/mol. The van der Waals surface area contributed by atoms with Gasteiger partial charge in [-0.25, -0.2) is 0 Å². The molecule has 0 aliphatic heterocycles. The molecular weight excluding hydrogens is 149 g/mol. The fraction of sp³-hybridized carbons (Fsp3) is 0.667. The normalized spacial score (nSPS) is 5.75. The SMILES string of the molecule is CN(C)C(=N)N.Cl.Cl. The Morgan fingerprint density at radius 1 is 1.38 bits per heavy atom. The molecule has 0 radical (unpaired) electrons. The van der Waals surface area contributed by atoms with Gasteiger partial charge < -0.3 is 10.6 Å². The van der Waals surface area contributed by atoms with E-state index >= 15 is 0 Å². The number of hydrogen-bond donors (Lipinski definition) is 2. The first-order valence-electron chi connectivity index (χ1n) is 1.66. The van der Waals surface area contributed by atoms with Crippen LogP contribution in [-0.2, 0) is 0 Å². The number of halogens is 2. The van der Waals surface area contributed by atoms with Gasteiger partial charge in [0.15, 0.2) is 5.96 Å². The van der Waals surface area contributed by atoms with Crippen LogP contribution in [0.5, 0.6) is 0 Å². The van der Waals surface area contributed by atoms with Crippen molar-refractivity contribution in [3.05, 3.63) is 0 Å². The predicted octanol–water partition coefficient (Wildman–Crippen LogP) is 0.285. The second-order valence-electron chi connectivity index (χ2n) is 1.28. The van der Waals surface area contributed by atoms with Gasteiger partial charge in [-0.3, -0.25) is 5.41 Å². The highest BCUT2D eigenvalue weighted by Crippen LogP contribution is 1.62. The van der Waals surface area contributed by atoms with E-state index in [1.807, 2.05) is 0 Å². The van der Waals surface area contributed by atoms with Crippen LogP contribution in [0, 0.1) is 5.41 Å². The summed E-state index contributed by atoms with van der Waals surface area (Å²) in [4.78, 5) is 1.53. The second kappa shape index (κ2) is 6.85. The number of guanidine groups is 1. The molecule has 0 saturated carbocycles. The van der Waals surface area contributed by atoms with E-state index in [1.165, 1.54) is 4.90 Å². The Balaban J connectivity index is -0.000000125. The van der Waals surface area contributed by atoms with Gasteiger partial charge in [-0.15, -0.1) is 24.8 Å². The maximum atomic E-state index is 6.65. The third-order valence-electron chi connectivity index (χ3n) is 0.482. The molecule has 0 aliphatic carbocycles. The van der Waals surface area contributed by atoms with E-state index in [0.717, 1.165) is 0 Å². The zero-order chi connectivity index (χ0) is 5.15. The summed E-state index contributed by atoms with van der Waals surface area (Å²) >= 11 is 0. The van der Waals surface area contributed by atoms with Crippen LogP contribution in [-0.4, -0.2) is 25.0 Å². The van der Waals surface area contributed by atoms with Gasteiger partial charge in [0.05, 0.1) is 0 Å². The first-order valence-corrected chi connectivity index (χ1v) is 1.66. The number of rotatable bonds is 0. The molecule has 5 heteroatoms. The van der Waals surface area contributed by atoms with Gasteiger partial charge in [0, 0.05) is 14.1 Å². The Bertz CT molecular complexity index is 63.5. The fourth-order valence-corrected chi connectivity index (χ4v) is 0. The molecule has 0 unspecified atom stereocenters. The van der Waals surface area contributed by atoms with Gasteiger partial charge >= 0.3 is 0 Å². The Hall–Kier alpha value is -0.150. The van der Waals surface area contributed by atoms with Crippen molar-refractivity contribution in [3.8, 4) is 0 Å². The minimum absolute atomic E-state index is 0. The van der Waals surface area contributed by atoms with E-state index in [2.05, 4.69) is 0 Å². The standard InChI is InChI=1S/C3H9N3.2ClH/c1-6(2)3(4)5;;/h1-2H3,(H3,4,5);2*1H. The number of nitrogens with two attached hydrogens (primary N) is 1. The predicted molar refractivity (Wildman–Crippen MR) is 40.1 cm³/mol. The topological polar surface area (TPSA) is 53.1 Å². The van der Waals surface area contributed by atoms with Crippen LogP contribution >= 0.6 is 24.8 Å². The van der Waals surface area contributed by atoms with E-state index in [9.17, 15) is 0 Å². The lowest BCUT2D eigenvalue weighted by Gasteiger charge is -2.05. The molecule has 3 nitrogen and oxygen atoms in total. The summed E-state index contributed by atoms with van der Waals surface area (Å²) in [5.74, 6) is 0.0926. The third-order valence-corrected chi connectivity index (χ3v) is 0.482. The summed E-state index contributed by atoms with van der Waals surface area (Å²) in [6.07, 6.45) is 0. The van der Waals surface area contributed by atoms with Gasteiger partial charge in [-0.05, 0) is 0 Å². The number of nitrogens with one attached hydrogen (secondary N) is 1. The minimum atomic E-state index is 0. The van der Waals surface area contributed by atoms with Crippen molar-refractivity contribution in [2.45, 2.75) is 0 Å². The van der Waals surface area contributed by atoms with Gasteiger partial charge in [0.1, 0.15) is 0 Å². The van der Waals surface area contributed by atoms with E-state index in [-0.39, 0.29) is 30.8 Å². The summed E-state index contributed by atoms with van der Waals surface area (Å²) in [5.41, 5.74) is 4.94. The highest BCUT2D eigenvalue weighted by Gasteiger charge is 1.82. The smallest absolute Gasteiger partial charge is 0.187 e. The lowest BCUT2D eigenvalue weighted by Crippen LogP contribution is -2.28. The number of nitrogens with zero attached hydrogens (tertiary/aromatic N) is 1. The van der Waals surface area contributed by atoms with Crippen LogP contribution in [0.25, 0.3) is 0 Å². The van der Waals surface area contributed by atoms with Crippen LogP contribution in [0.4, 0.5) is 0 Å². The van der Waals surface area contributed by atoms with E-state index in [4.69, 9.17) is 11.1 Å². The third kappa shape index (κ3) is 9.28. The second-order valence-corrected chi connectivity index (χ2v) is 1.28. The Morgan fingerprint density at radius 3 is 1.50 bits per heavy atom. The molecule has 0 heterocycles. The van der Waals surface area contributed by atoms with E-state index < -0.39 is 0 Å². The first-order chi connectivity index (χ1) is 2.64. The Labute approximate surface area is 61.6 Å². The van der Waals surface area contributed by atoms with Crippen LogP contribution < -0.4 is 5.73 Å². The molecule has 0 aromatic heterocycles. The van der Waals surface area contributed by atoms with Gasteiger partial charge in [-0.1, -0.05) is 0 Å². The van der Waals surface area contributed by atoms with Crippen molar-refractivity contribution in [1.29, 1.82) is 5.41 Å². The largest absolute Gasteiger partial charge is 0.370 e. The van der Waals surface area contributed by atoms with Crippen LogP contribution in [0.15, 0.2) is 0 Å². The molecule has 0 spiro atoms. The van der Waals surface area contributed by atoms with Crippen LogP contribution in [0.3, 0.4) is 0 Å². The first kappa shape index (κ1) is 15.7. The quantitative estimate of drug-likeness (QED) is 0.395. The molecule has 0 bridgehead atoms. The van der Waals surface area contributed by atoms with Crippen LogP contribution in [0.2, 0.25) is 0 Å². The Morgan fingerprint density at radius 2 is 1.50 bits per heavy atom. The average molecular weight is 160 g/mol. The summed E-state index contributed by atoms with van der Waals surface area (Å²) in [6, 6.07) is 0. The van der Waals surface area contributed by atoms with Crippen molar-refractivity contribution in [2.75, 3.05) is 14.1 Å². The zero-order valence-electron chi connectivity index (χ0n) is 4.84. The summed E-state index contributed by atoms with van der Waals surface area (Å²) in [6.45, 7) is 0. The molecule has 0 rings (SSSR count). The van der Waals surface area contributed by atoms with E-state index in [1.54, 1.807) is 14.1 Å². The molecular formula is C3H11Cl2N3. The lowest BCUT2D eigenvalue weighted by atomic mass is 10.8. The van der Waals surface area contributed by atoms with Gasteiger partial charge in [0.2, 0.25) is 0 Å². The minimum Gasteiger partial charge on any atom is -0.370 e.